The number of alkyl halides is 3. The maximum atomic E-state index is 14.2. The Balaban J connectivity index is 1.62. The van der Waals surface area contributed by atoms with E-state index in [1.54, 1.807) is 6.07 Å². The molecule has 4 rings (SSSR count). The number of ketones is 1. The van der Waals surface area contributed by atoms with E-state index in [1.807, 2.05) is 0 Å². The molecule has 1 aromatic heterocycles. The van der Waals surface area contributed by atoms with E-state index in [4.69, 9.17) is 15.2 Å². The Kier molecular flexibility index (Phi) is 7.52. The van der Waals surface area contributed by atoms with Gasteiger partial charge in [0.2, 0.25) is 5.60 Å². The highest BCUT2D eigenvalue weighted by atomic mass is 19.4. The van der Waals surface area contributed by atoms with Crippen molar-refractivity contribution < 1.29 is 36.9 Å². The molecule has 3 aromatic rings. The molecule has 1 saturated carbocycles. The standard InChI is InChI=1S/C27H26F4N2O4/c1-36-24-14-18(4-9-23(24)37-20-7-8-20)22(34)10-11-26(35,27(29,30)31)25-13-16(15-32)12-21(33-25)17-2-5-19(28)6-3-17/h2-6,9,12-14,20,35H,7-8,10-11,15,32H2,1H3. The van der Waals surface area contributed by atoms with Crippen molar-refractivity contribution in [3.8, 4) is 22.8 Å². The number of aliphatic hydroxyl groups is 1. The third-order valence-electron chi connectivity index (χ3n) is 6.17. The van der Waals surface area contributed by atoms with Crippen LogP contribution in [0.1, 0.15) is 47.3 Å². The van der Waals surface area contributed by atoms with Gasteiger partial charge in [0.1, 0.15) is 5.82 Å². The number of hydrogen-bond acceptors (Lipinski definition) is 6. The van der Waals surface area contributed by atoms with Gasteiger partial charge < -0.3 is 20.3 Å². The minimum atomic E-state index is -5.15. The van der Waals surface area contributed by atoms with E-state index in [9.17, 15) is 27.5 Å². The number of methoxy groups -OCH3 is 1. The number of Topliss-reactive ketones (excluding diaryl/α,β-unsaturated/α-hetero) is 1. The maximum absolute atomic E-state index is 14.2. The van der Waals surface area contributed by atoms with Gasteiger partial charge in [0.25, 0.3) is 0 Å². The van der Waals surface area contributed by atoms with E-state index in [0.29, 0.717) is 17.1 Å². The highest BCUT2D eigenvalue weighted by Gasteiger charge is 2.56. The van der Waals surface area contributed by atoms with Crippen molar-refractivity contribution in [2.24, 2.45) is 5.73 Å². The summed E-state index contributed by atoms with van der Waals surface area (Å²) in [6.45, 7) is -0.119. The highest BCUT2D eigenvalue weighted by Crippen LogP contribution is 2.43. The molecule has 0 saturated heterocycles. The SMILES string of the molecule is COc1cc(C(=O)CCC(O)(c2cc(CN)cc(-c3ccc(F)cc3)n2)C(F)(F)F)ccc1OC1CC1. The number of halogens is 4. The predicted octanol–water partition coefficient (Wildman–Crippen LogP) is 5.31. The van der Waals surface area contributed by atoms with Crippen LogP contribution in [0.15, 0.2) is 54.6 Å². The molecule has 6 nitrogen and oxygen atoms in total. The molecule has 2 aromatic carbocycles. The lowest BCUT2D eigenvalue weighted by Crippen LogP contribution is -2.43. The Hall–Kier alpha value is -3.50. The third kappa shape index (κ3) is 5.91. The Labute approximate surface area is 211 Å². The summed E-state index contributed by atoms with van der Waals surface area (Å²) in [6, 6.07) is 12.0. The Morgan fingerprint density at radius 2 is 1.78 bits per heavy atom. The fourth-order valence-corrected chi connectivity index (χ4v) is 3.84. The summed E-state index contributed by atoms with van der Waals surface area (Å²) in [6.07, 6.45) is -4.81. The van der Waals surface area contributed by atoms with Crippen LogP contribution >= 0.6 is 0 Å². The molecule has 0 bridgehead atoms. The predicted molar refractivity (Wildman–Crippen MR) is 128 cm³/mol. The first-order valence-electron chi connectivity index (χ1n) is 11.7. The molecule has 37 heavy (non-hydrogen) atoms. The Morgan fingerprint density at radius 3 is 2.38 bits per heavy atom. The number of pyridine rings is 1. The number of aromatic nitrogens is 1. The van der Waals surface area contributed by atoms with Crippen molar-refractivity contribution in [2.75, 3.05) is 7.11 Å². The third-order valence-corrected chi connectivity index (χ3v) is 6.17. The number of carbonyl (C=O) groups excluding carboxylic acids is 1. The number of nitrogens with zero attached hydrogens (tertiary/aromatic N) is 1. The van der Waals surface area contributed by atoms with E-state index in [0.717, 1.165) is 31.0 Å². The van der Waals surface area contributed by atoms with Crippen LogP contribution in [0.5, 0.6) is 11.5 Å². The first kappa shape index (κ1) is 26.6. The van der Waals surface area contributed by atoms with Crippen molar-refractivity contribution in [1.29, 1.82) is 0 Å². The molecule has 1 aliphatic carbocycles. The Bertz CT molecular complexity index is 1280. The number of carbonyl (C=O) groups is 1. The summed E-state index contributed by atoms with van der Waals surface area (Å²) in [7, 11) is 1.40. The van der Waals surface area contributed by atoms with Crippen LogP contribution in [0.2, 0.25) is 0 Å². The normalized spacial score (nSPS) is 15.2. The summed E-state index contributed by atoms with van der Waals surface area (Å²) in [5.74, 6) is -0.393. The number of ether oxygens (including phenoxy) is 2. The van der Waals surface area contributed by atoms with Crippen LogP contribution in [0, 0.1) is 5.82 Å². The molecule has 0 aliphatic heterocycles. The molecular formula is C27H26F4N2O4. The lowest BCUT2D eigenvalue weighted by Gasteiger charge is -2.30. The van der Waals surface area contributed by atoms with Gasteiger partial charge in [-0.3, -0.25) is 4.79 Å². The van der Waals surface area contributed by atoms with Crippen LogP contribution in [-0.2, 0) is 12.1 Å². The minimum Gasteiger partial charge on any atom is -0.493 e. The van der Waals surface area contributed by atoms with E-state index >= 15 is 0 Å². The minimum absolute atomic E-state index is 0.0861. The van der Waals surface area contributed by atoms with E-state index in [-0.39, 0.29) is 29.5 Å². The van der Waals surface area contributed by atoms with Gasteiger partial charge in [-0.25, -0.2) is 9.37 Å². The van der Waals surface area contributed by atoms with Gasteiger partial charge in [0.05, 0.1) is 24.6 Å². The largest absolute Gasteiger partial charge is 0.493 e. The zero-order valence-corrected chi connectivity index (χ0v) is 20.0. The van der Waals surface area contributed by atoms with Crippen LogP contribution in [0.3, 0.4) is 0 Å². The van der Waals surface area contributed by atoms with E-state index in [1.165, 1.54) is 37.4 Å². The smallest absolute Gasteiger partial charge is 0.422 e. The molecule has 1 heterocycles. The fraction of sp³-hybridized carbons (Fsp3) is 0.333. The zero-order chi connectivity index (χ0) is 26.8. The second-order valence-corrected chi connectivity index (χ2v) is 8.92. The molecule has 0 radical (unpaired) electrons. The van der Waals surface area contributed by atoms with Gasteiger partial charge in [-0.05, 0) is 79.4 Å². The molecule has 0 spiro atoms. The van der Waals surface area contributed by atoms with Crippen LogP contribution in [-0.4, -0.2) is 35.3 Å². The van der Waals surface area contributed by atoms with E-state index in [2.05, 4.69) is 4.98 Å². The van der Waals surface area contributed by atoms with Gasteiger partial charge in [0, 0.05) is 24.1 Å². The lowest BCUT2D eigenvalue weighted by atomic mass is 9.89. The summed E-state index contributed by atoms with van der Waals surface area (Å²) in [5, 5.41) is 10.9. The van der Waals surface area contributed by atoms with Crippen molar-refractivity contribution in [3.63, 3.8) is 0 Å². The van der Waals surface area contributed by atoms with Crippen molar-refractivity contribution in [2.45, 2.75) is 50.1 Å². The van der Waals surface area contributed by atoms with Gasteiger partial charge in [-0.2, -0.15) is 13.2 Å². The molecule has 1 fully saturated rings. The summed E-state index contributed by atoms with van der Waals surface area (Å²) < 4.78 is 67.1. The molecule has 1 atom stereocenters. The average Bonchev–Trinajstić information content (AvgIpc) is 3.70. The average molecular weight is 519 g/mol. The van der Waals surface area contributed by atoms with Crippen molar-refractivity contribution >= 4 is 5.78 Å². The van der Waals surface area contributed by atoms with Crippen LogP contribution in [0.4, 0.5) is 17.6 Å². The monoisotopic (exact) mass is 518 g/mol. The second kappa shape index (κ2) is 10.5. The number of nitrogens with two attached hydrogens (primary N) is 1. The van der Waals surface area contributed by atoms with E-state index < -0.39 is 41.9 Å². The number of hydrogen-bond donors (Lipinski definition) is 2. The first-order valence-corrected chi connectivity index (χ1v) is 11.7. The summed E-state index contributed by atoms with van der Waals surface area (Å²) in [4.78, 5) is 16.9. The van der Waals surface area contributed by atoms with Gasteiger partial charge in [-0.15, -0.1) is 0 Å². The molecule has 0 amide bonds. The lowest BCUT2D eigenvalue weighted by molar-refractivity contribution is -0.270. The van der Waals surface area contributed by atoms with Crippen molar-refractivity contribution in [3.05, 3.63) is 77.2 Å². The fourth-order valence-electron chi connectivity index (χ4n) is 3.84. The quantitative estimate of drug-likeness (QED) is 0.279. The molecule has 196 valence electrons. The van der Waals surface area contributed by atoms with Crippen LogP contribution in [0.25, 0.3) is 11.3 Å². The molecule has 1 unspecified atom stereocenters. The Morgan fingerprint density at radius 1 is 1.08 bits per heavy atom. The van der Waals surface area contributed by atoms with Gasteiger partial charge in [0.15, 0.2) is 17.3 Å². The summed E-state index contributed by atoms with van der Waals surface area (Å²) >= 11 is 0. The number of rotatable bonds is 10. The van der Waals surface area contributed by atoms with Gasteiger partial charge in [-0.1, -0.05) is 0 Å². The molecule has 10 heteroatoms. The molecular weight excluding hydrogens is 492 g/mol. The first-order chi connectivity index (χ1) is 17.5. The van der Waals surface area contributed by atoms with Crippen LogP contribution < -0.4 is 15.2 Å². The zero-order valence-electron chi connectivity index (χ0n) is 20.0. The maximum Gasteiger partial charge on any atom is 0.422 e. The second-order valence-electron chi connectivity index (χ2n) is 8.92. The molecule has 3 N–H and O–H groups in total. The highest BCUT2D eigenvalue weighted by molar-refractivity contribution is 5.96. The van der Waals surface area contributed by atoms with Gasteiger partial charge >= 0.3 is 6.18 Å². The topological polar surface area (TPSA) is 94.7 Å². The number of benzene rings is 2. The van der Waals surface area contributed by atoms with Crippen molar-refractivity contribution in [1.82, 2.24) is 4.98 Å². The molecule has 1 aliphatic rings. The summed E-state index contributed by atoms with van der Waals surface area (Å²) in [5.41, 5.74) is 2.41.